The van der Waals surface area contributed by atoms with Gasteiger partial charge in [-0.05, 0) is 37.3 Å². The van der Waals surface area contributed by atoms with Crippen LogP contribution in [0, 0.1) is 11.8 Å². The molecule has 2 aliphatic rings. The average Bonchev–Trinajstić information content (AvgIpc) is 3.31. The molecule has 0 spiro atoms. The molecule has 1 aromatic rings. The van der Waals surface area contributed by atoms with Crippen LogP contribution in [0.4, 0.5) is 0 Å². The first-order valence-electron chi connectivity index (χ1n) is 8.63. The smallest absolute Gasteiger partial charge is 0.0558 e. The van der Waals surface area contributed by atoms with Gasteiger partial charge in [0.05, 0.1) is 5.54 Å². The van der Waals surface area contributed by atoms with Crippen LogP contribution in [0.25, 0.3) is 0 Å². The van der Waals surface area contributed by atoms with Crippen molar-refractivity contribution in [1.29, 1.82) is 0 Å². The molecule has 1 aliphatic carbocycles. The summed E-state index contributed by atoms with van der Waals surface area (Å²) in [5.41, 5.74) is 1.59. The number of hydrogen-bond acceptors (Lipinski definition) is 2. The number of rotatable bonds is 5. The molecule has 1 heterocycles. The summed E-state index contributed by atoms with van der Waals surface area (Å²) in [5.74, 6) is 1.71. The Hall–Kier alpha value is -0.860. The van der Waals surface area contributed by atoms with Crippen LogP contribution in [0.1, 0.15) is 45.6 Å². The minimum atomic E-state index is 0.140. The molecule has 0 aromatic heterocycles. The predicted molar refractivity (Wildman–Crippen MR) is 89.3 cm³/mol. The molecule has 1 saturated heterocycles. The molecule has 0 radical (unpaired) electrons. The molecule has 2 atom stereocenters. The lowest BCUT2D eigenvalue weighted by Gasteiger charge is -2.49. The van der Waals surface area contributed by atoms with Gasteiger partial charge in [0.1, 0.15) is 0 Å². The first kappa shape index (κ1) is 15.1. The maximum absolute atomic E-state index is 3.80. The van der Waals surface area contributed by atoms with Crippen LogP contribution >= 0.6 is 0 Å². The molecule has 3 rings (SSSR count). The fourth-order valence-electron chi connectivity index (χ4n) is 3.56. The molecule has 2 unspecified atom stereocenters. The van der Waals surface area contributed by atoms with E-state index < -0.39 is 0 Å². The summed E-state index contributed by atoms with van der Waals surface area (Å²) >= 11 is 0. The van der Waals surface area contributed by atoms with Crippen LogP contribution in [0.3, 0.4) is 0 Å². The summed E-state index contributed by atoms with van der Waals surface area (Å²) in [6, 6.07) is 11.7. The molecule has 116 valence electrons. The molecule has 1 N–H and O–H groups in total. The van der Waals surface area contributed by atoms with Crippen molar-refractivity contribution in [3.63, 3.8) is 0 Å². The molecule has 2 fully saturated rings. The van der Waals surface area contributed by atoms with Gasteiger partial charge < -0.3 is 5.32 Å². The van der Waals surface area contributed by atoms with Crippen molar-refractivity contribution in [3.05, 3.63) is 35.9 Å². The largest absolute Gasteiger partial charge is 0.310 e. The highest BCUT2D eigenvalue weighted by Crippen LogP contribution is 2.36. The average molecular weight is 286 g/mol. The van der Waals surface area contributed by atoms with E-state index in [2.05, 4.69) is 61.3 Å². The highest BCUT2D eigenvalue weighted by molar-refractivity contribution is 5.25. The van der Waals surface area contributed by atoms with Crippen LogP contribution in [-0.2, 0) is 5.54 Å². The first-order chi connectivity index (χ1) is 10.1. The van der Waals surface area contributed by atoms with Crippen molar-refractivity contribution in [2.75, 3.05) is 19.6 Å². The van der Waals surface area contributed by atoms with Gasteiger partial charge in [0.15, 0.2) is 0 Å². The summed E-state index contributed by atoms with van der Waals surface area (Å²) in [5, 5.41) is 3.80. The lowest BCUT2D eigenvalue weighted by atomic mass is 9.85. The normalized spacial score (nSPS) is 30.8. The summed E-state index contributed by atoms with van der Waals surface area (Å²) in [6.07, 6.45) is 4.30. The van der Waals surface area contributed by atoms with E-state index in [0.717, 1.165) is 12.5 Å². The predicted octanol–water partition coefficient (Wildman–Crippen LogP) is 3.63. The number of piperazine rings is 1. The Morgan fingerprint density at radius 1 is 1.24 bits per heavy atom. The van der Waals surface area contributed by atoms with Crippen molar-refractivity contribution >= 4 is 0 Å². The van der Waals surface area contributed by atoms with Gasteiger partial charge in [0.25, 0.3) is 0 Å². The van der Waals surface area contributed by atoms with E-state index in [0.29, 0.717) is 12.0 Å². The second-order valence-corrected chi connectivity index (χ2v) is 7.55. The molecule has 1 saturated carbocycles. The first-order valence-corrected chi connectivity index (χ1v) is 8.63. The molecule has 1 aliphatic heterocycles. The van der Waals surface area contributed by atoms with Crippen LogP contribution in [-0.4, -0.2) is 30.6 Å². The minimum absolute atomic E-state index is 0.140. The Morgan fingerprint density at radius 3 is 2.57 bits per heavy atom. The van der Waals surface area contributed by atoms with Crippen LogP contribution in [0.2, 0.25) is 0 Å². The fourth-order valence-corrected chi connectivity index (χ4v) is 3.56. The van der Waals surface area contributed by atoms with Gasteiger partial charge in [-0.2, -0.15) is 0 Å². The fraction of sp³-hybridized carbons (Fsp3) is 0.684. The van der Waals surface area contributed by atoms with Gasteiger partial charge >= 0.3 is 0 Å². The number of benzene rings is 1. The van der Waals surface area contributed by atoms with Crippen molar-refractivity contribution < 1.29 is 0 Å². The number of nitrogens with zero attached hydrogens (tertiary/aromatic N) is 1. The zero-order valence-corrected chi connectivity index (χ0v) is 13.8. The maximum Gasteiger partial charge on any atom is 0.0558 e. The van der Waals surface area contributed by atoms with E-state index in [1.165, 1.54) is 37.9 Å². The Kier molecular flexibility index (Phi) is 4.37. The zero-order valence-electron chi connectivity index (χ0n) is 13.8. The lowest BCUT2D eigenvalue weighted by Crippen LogP contribution is -2.62. The van der Waals surface area contributed by atoms with Gasteiger partial charge in [-0.15, -0.1) is 0 Å². The Morgan fingerprint density at radius 2 is 1.95 bits per heavy atom. The maximum atomic E-state index is 3.80. The number of hydrogen-bond donors (Lipinski definition) is 1. The van der Waals surface area contributed by atoms with Gasteiger partial charge in [-0.1, -0.05) is 57.0 Å². The third-order valence-corrected chi connectivity index (χ3v) is 5.53. The van der Waals surface area contributed by atoms with E-state index in [-0.39, 0.29) is 5.54 Å². The van der Waals surface area contributed by atoms with Gasteiger partial charge in [0.2, 0.25) is 0 Å². The van der Waals surface area contributed by atoms with E-state index in [1.807, 2.05) is 0 Å². The Balaban J connectivity index is 1.78. The van der Waals surface area contributed by atoms with Crippen molar-refractivity contribution in [2.45, 2.75) is 51.6 Å². The van der Waals surface area contributed by atoms with Crippen LogP contribution in [0.15, 0.2) is 30.3 Å². The van der Waals surface area contributed by atoms with Crippen LogP contribution in [0.5, 0.6) is 0 Å². The van der Waals surface area contributed by atoms with Crippen molar-refractivity contribution in [2.24, 2.45) is 11.8 Å². The van der Waals surface area contributed by atoms with E-state index in [9.17, 15) is 0 Å². The standard InChI is InChI=1S/C19H30N2/c1-15(2)18-13-21(12-11-16-9-10-16)19(3,14-20-18)17-7-5-4-6-8-17/h4-8,15-16,18,20H,9-14H2,1-3H3. The highest BCUT2D eigenvalue weighted by Gasteiger charge is 2.40. The second-order valence-electron chi connectivity index (χ2n) is 7.55. The van der Waals surface area contributed by atoms with Crippen molar-refractivity contribution in [1.82, 2.24) is 10.2 Å². The third kappa shape index (κ3) is 3.32. The SMILES string of the molecule is CC(C)C1CN(CCC2CC2)C(C)(c2ccccc2)CN1. The highest BCUT2D eigenvalue weighted by atomic mass is 15.3. The molecule has 1 aromatic carbocycles. The summed E-state index contributed by atoms with van der Waals surface area (Å²) in [6.45, 7) is 10.6. The van der Waals surface area contributed by atoms with E-state index in [4.69, 9.17) is 0 Å². The molecule has 21 heavy (non-hydrogen) atoms. The molecule has 2 nitrogen and oxygen atoms in total. The molecular weight excluding hydrogens is 256 g/mol. The van der Waals surface area contributed by atoms with E-state index >= 15 is 0 Å². The molecule has 0 amide bonds. The summed E-state index contributed by atoms with van der Waals surface area (Å²) in [7, 11) is 0. The van der Waals surface area contributed by atoms with Gasteiger partial charge in [0, 0.05) is 19.1 Å². The third-order valence-electron chi connectivity index (χ3n) is 5.53. The monoisotopic (exact) mass is 286 g/mol. The van der Waals surface area contributed by atoms with E-state index in [1.54, 1.807) is 0 Å². The molecule has 2 heteroatoms. The minimum Gasteiger partial charge on any atom is -0.310 e. The van der Waals surface area contributed by atoms with Gasteiger partial charge in [-0.3, -0.25) is 4.90 Å². The lowest BCUT2D eigenvalue weighted by molar-refractivity contribution is 0.0367. The summed E-state index contributed by atoms with van der Waals surface area (Å²) < 4.78 is 0. The van der Waals surface area contributed by atoms with Crippen molar-refractivity contribution in [3.8, 4) is 0 Å². The Bertz CT molecular complexity index is 452. The quantitative estimate of drug-likeness (QED) is 0.889. The van der Waals surface area contributed by atoms with Crippen LogP contribution < -0.4 is 5.32 Å². The number of nitrogens with one attached hydrogen (secondary N) is 1. The summed E-state index contributed by atoms with van der Waals surface area (Å²) in [4.78, 5) is 2.75. The Labute approximate surface area is 129 Å². The van der Waals surface area contributed by atoms with Gasteiger partial charge in [-0.25, -0.2) is 0 Å². The molecular formula is C19H30N2. The second kappa shape index (κ2) is 6.10. The topological polar surface area (TPSA) is 15.3 Å². The zero-order chi connectivity index (χ0) is 14.9. The molecule has 0 bridgehead atoms.